The van der Waals surface area contributed by atoms with E-state index in [1.807, 2.05) is 13.8 Å². The van der Waals surface area contributed by atoms with Crippen LogP contribution in [0.3, 0.4) is 0 Å². The fourth-order valence-electron chi connectivity index (χ4n) is 2.07. The highest BCUT2D eigenvalue weighted by Crippen LogP contribution is 2.34. The molecule has 0 aromatic heterocycles. The number of carbonyl (C=O) groups is 2. The van der Waals surface area contributed by atoms with Crippen molar-refractivity contribution >= 4 is 11.7 Å². The number of amides is 1. The minimum atomic E-state index is -0.877. The summed E-state index contributed by atoms with van der Waals surface area (Å²) in [7, 11) is 0. The molecule has 3 N–H and O–H groups in total. The van der Waals surface area contributed by atoms with Gasteiger partial charge in [0, 0.05) is 18.3 Å². The van der Waals surface area contributed by atoms with Gasteiger partial charge in [0.2, 0.25) is 5.91 Å². The quantitative estimate of drug-likeness (QED) is 0.672. The Kier molecular flexibility index (Phi) is 3.63. The second-order valence-electron chi connectivity index (χ2n) is 3.86. The molecule has 0 fully saturated rings. The van der Waals surface area contributed by atoms with Crippen LogP contribution in [0.25, 0.3) is 0 Å². The van der Waals surface area contributed by atoms with Crippen LogP contribution >= 0.6 is 0 Å². The fourth-order valence-corrected chi connectivity index (χ4v) is 2.07. The van der Waals surface area contributed by atoms with E-state index in [1.165, 1.54) is 6.20 Å². The van der Waals surface area contributed by atoms with Crippen molar-refractivity contribution < 1.29 is 9.59 Å². The lowest BCUT2D eigenvalue weighted by atomic mass is 9.72. The minimum Gasteiger partial charge on any atom is -0.331 e. The Morgan fingerprint density at radius 3 is 2.53 bits per heavy atom. The zero-order valence-electron chi connectivity index (χ0n) is 9.30. The first kappa shape index (κ1) is 11.9. The number of nitrogens with two attached hydrogens (primary N) is 1. The molecule has 4 nitrogen and oxygen atoms in total. The van der Waals surface area contributed by atoms with Crippen LogP contribution in [0.4, 0.5) is 0 Å². The average Bonchev–Trinajstić information content (AvgIpc) is 2.24. The highest BCUT2D eigenvalue weighted by Gasteiger charge is 2.45. The molecule has 0 saturated heterocycles. The smallest absolute Gasteiger partial charge is 0.237 e. The van der Waals surface area contributed by atoms with Crippen LogP contribution in [0.2, 0.25) is 0 Å². The Labute approximate surface area is 89.9 Å². The summed E-state index contributed by atoms with van der Waals surface area (Å²) >= 11 is 0. The summed E-state index contributed by atoms with van der Waals surface area (Å²) in [6, 6.07) is 0. The van der Waals surface area contributed by atoms with E-state index in [4.69, 9.17) is 5.73 Å². The summed E-state index contributed by atoms with van der Waals surface area (Å²) in [6.07, 6.45) is 3.37. The number of carbonyl (C=O) groups excluding carboxylic acids is 2. The van der Waals surface area contributed by atoms with Crippen molar-refractivity contribution in [2.75, 3.05) is 6.54 Å². The van der Waals surface area contributed by atoms with Gasteiger partial charge >= 0.3 is 0 Å². The first-order valence-corrected chi connectivity index (χ1v) is 5.37. The monoisotopic (exact) mass is 210 g/mol. The van der Waals surface area contributed by atoms with Crippen LogP contribution in [-0.2, 0) is 9.59 Å². The van der Waals surface area contributed by atoms with E-state index in [0.29, 0.717) is 18.4 Å². The van der Waals surface area contributed by atoms with Crippen molar-refractivity contribution in [3.05, 3.63) is 11.8 Å². The molecule has 1 aliphatic rings. The molecule has 0 aromatic carbocycles. The predicted molar refractivity (Wildman–Crippen MR) is 57.9 cm³/mol. The molecule has 1 amide bonds. The van der Waals surface area contributed by atoms with Crippen LogP contribution in [-0.4, -0.2) is 18.2 Å². The summed E-state index contributed by atoms with van der Waals surface area (Å²) in [5, 5.41) is 2.64. The molecule has 15 heavy (non-hydrogen) atoms. The van der Waals surface area contributed by atoms with Crippen molar-refractivity contribution in [1.29, 1.82) is 0 Å². The van der Waals surface area contributed by atoms with Crippen LogP contribution in [0.15, 0.2) is 11.8 Å². The van der Waals surface area contributed by atoms with Crippen molar-refractivity contribution in [3.63, 3.8) is 0 Å². The van der Waals surface area contributed by atoms with Crippen molar-refractivity contribution in [1.82, 2.24) is 5.32 Å². The van der Waals surface area contributed by atoms with Gasteiger partial charge in [-0.15, -0.1) is 0 Å². The summed E-state index contributed by atoms with van der Waals surface area (Å²) in [4.78, 5) is 23.9. The van der Waals surface area contributed by atoms with Gasteiger partial charge in [-0.2, -0.15) is 0 Å². The van der Waals surface area contributed by atoms with Gasteiger partial charge in [-0.1, -0.05) is 20.3 Å². The number of rotatable bonds is 4. The topological polar surface area (TPSA) is 72.2 Å². The minimum absolute atomic E-state index is 0.0990. The number of Topliss-reactive ketones (excluding diaryl/α,β-unsaturated/α-hetero) is 1. The maximum atomic E-state index is 12.1. The fraction of sp³-hybridized carbons (Fsp3) is 0.636. The number of hydrogen-bond donors (Lipinski definition) is 2. The number of hydrogen-bond acceptors (Lipinski definition) is 3. The largest absolute Gasteiger partial charge is 0.331 e. The molecule has 4 heteroatoms. The Morgan fingerprint density at radius 2 is 2.07 bits per heavy atom. The molecule has 0 saturated carbocycles. The number of nitrogens with one attached hydrogen (secondary N) is 1. The lowest BCUT2D eigenvalue weighted by molar-refractivity contribution is -0.141. The lowest BCUT2D eigenvalue weighted by Gasteiger charge is -2.33. The molecule has 0 radical (unpaired) electrons. The maximum Gasteiger partial charge on any atom is 0.237 e. The van der Waals surface area contributed by atoms with E-state index >= 15 is 0 Å². The predicted octanol–water partition coefficient (Wildman–Crippen LogP) is 0.724. The second kappa shape index (κ2) is 4.57. The molecule has 0 bridgehead atoms. The molecule has 1 atom stereocenters. The standard InChI is InChI=1S/C11H18N2O2/c1-3-5-11(4-2)9(14)8(6-12)7-13-10(11)15/h7H,3-6,12H2,1-2H3,(H,13,15). The molecule has 0 spiro atoms. The summed E-state index contributed by atoms with van der Waals surface area (Å²) in [6.45, 7) is 4.02. The maximum absolute atomic E-state index is 12.1. The Bertz CT molecular complexity index is 310. The molecule has 1 unspecified atom stereocenters. The average molecular weight is 210 g/mol. The SMILES string of the molecule is CCCC1(CC)C(=O)NC=C(CN)C1=O. The van der Waals surface area contributed by atoms with Crippen LogP contribution in [0.5, 0.6) is 0 Å². The van der Waals surface area contributed by atoms with Crippen LogP contribution in [0.1, 0.15) is 33.1 Å². The molecule has 84 valence electrons. The third kappa shape index (κ3) is 1.81. The molecule has 1 aliphatic heterocycles. The molecule has 1 rings (SSSR count). The van der Waals surface area contributed by atoms with Crippen LogP contribution < -0.4 is 11.1 Å². The zero-order valence-corrected chi connectivity index (χ0v) is 9.30. The molecule has 0 aromatic rings. The summed E-state index contributed by atoms with van der Waals surface area (Å²) < 4.78 is 0. The van der Waals surface area contributed by atoms with E-state index in [2.05, 4.69) is 5.32 Å². The highest BCUT2D eigenvalue weighted by atomic mass is 16.2. The molecular formula is C11H18N2O2. The third-order valence-electron chi connectivity index (χ3n) is 3.04. The van der Waals surface area contributed by atoms with Crippen molar-refractivity contribution in [2.24, 2.45) is 11.1 Å². The van der Waals surface area contributed by atoms with E-state index in [9.17, 15) is 9.59 Å². The van der Waals surface area contributed by atoms with Crippen LogP contribution in [0, 0.1) is 5.41 Å². The van der Waals surface area contributed by atoms with E-state index in [-0.39, 0.29) is 18.2 Å². The van der Waals surface area contributed by atoms with E-state index in [0.717, 1.165) is 6.42 Å². The van der Waals surface area contributed by atoms with Gasteiger partial charge in [-0.05, 0) is 12.8 Å². The van der Waals surface area contributed by atoms with E-state index < -0.39 is 5.41 Å². The summed E-state index contributed by atoms with van der Waals surface area (Å²) in [5.74, 6) is -0.285. The van der Waals surface area contributed by atoms with Gasteiger partial charge in [-0.3, -0.25) is 9.59 Å². The van der Waals surface area contributed by atoms with Gasteiger partial charge in [0.25, 0.3) is 0 Å². The highest BCUT2D eigenvalue weighted by molar-refractivity contribution is 6.16. The first-order chi connectivity index (χ1) is 7.12. The van der Waals surface area contributed by atoms with Gasteiger partial charge in [-0.25, -0.2) is 0 Å². The second-order valence-corrected chi connectivity index (χ2v) is 3.86. The van der Waals surface area contributed by atoms with Gasteiger partial charge in [0.05, 0.1) is 0 Å². The van der Waals surface area contributed by atoms with E-state index in [1.54, 1.807) is 0 Å². The Morgan fingerprint density at radius 1 is 1.40 bits per heavy atom. The summed E-state index contributed by atoms with van der Waals surface area (Å²) in [5.41, 5.74) is 5.11. The molecule has 1 heterocycles. The third-order valence-corrected chi connectivity index (χ3v) is 3.04. The molecule has 0 aliphatic carbocycles. The first-order valence-electron chi connectivity index (χ1n) is 5.37. The Hall–Kier alpha value is -1.16. The lowest BCUT2D eigenvalue weighted by Crippen LogP contribution is -2.49. The van der Waals surface area contributed by atoms with Gasteiger partial charge in [0.15, 0.2) is 5.78 Å². The normalized spacial score (nSPS) is 26.2. The van der Waals surface area contributed by atoms with Crippen molar-refractivity contribution in [2.45, 2.75) is 33.1 Å². The molecular weight excluding hydrogens is 192 g/mol. The zero-order chi connectivity index (χ0) is 11.5. The Balaban J connectivity index is 3.09. The van der Waals surface area contributed by atoms with Gasteiger partial charge < -0.3 is 11.1 Å². The van der Waals surface area contributed by atoms with Gasteiger partial charge in [0.1, 0.15) is 5.41 Å². The van der Waals surface area contributed by atoms with Crippen molar-refractivity contribution in [3.8, 4) is 0 Å². The number of ketones is 1.